The number of carbonyl (C=O) groups is 2. The molecule has 10 heteroatoms. The van der Waals surface area contributed by atoms with E-state index in [4.69, 9.17) is 0 Å². The minimum Gasteiger partial charge on any atom is -0.347 e. The molecule has 2 heterocycles. The van der Waals surface area contributed by atoms with Crippen molar-refractivity contribution in [2.45, 2.75) is 33.6 Å². The fourth-order valence-electron chi connectivity index (χ4n) is 3.13. The van der Waals surface area contributed by atoms with E-state index in [9.17, 15) is 22.8 Å². The van der Waals surface area contributed by atoms with Crippen LogP contribution in [0, 0.1) is 38.2 Å². The number of carbonyl (C=O) groups excluding carboxylic acids is 2. The van der Waals surface area contributed by atoms with E-state index < -0.39 is 41.5 Å². The van der Waals surface area contributed by atoms with E-state index in [2.05, 4.69) is 20.7 Å². The van der Waals surface area contributed by atoms with Crippen LogP contribution in [-0.4, -0.2) is 33.0 Å². The van der Waals surface area contributed by atoms with Crippen molar-refractivity contribution in [3.8, 4) is 0 Å². The minimum absolute atomic E-state index is 0.0991. The molecule has 3 rings (SSSR count). The van der Waals surface area contributed by atoms with Crippen LogP contribution < -0.4 is 10.6 Å². The summed E-state index contributed by atoms with van der Waals surface area (Å²) in [5.41, 5.74) is 3.62. The third-order valence-electron chi connectivity index (χ3n) is 4.64. The van der Waals surface area contributed by atoms with E-state index in [1.165, 1.54) is 0 Å². The molecule has 2 amide bonds. The number of fused-ring (bicyclic) bond motifs is 1. The predicted molar refractivity (Wildman–Crippen MR) is 103 cm³/mol. The number of benzene rings is 1. The van der Waals surface area contributed by atoms with Gasteiger partial charge in [0.25, 0.3) is 0 Å². The summed E-state index contributed by atoms with van der Waals surface area (Å²) in [5.74, 6) is -5.71. The highest BCUT2D eigenvalue weighted by atomic mass is 19.2. The summed E-state index contributed by atoms with van der Waals surface area (Å²) in [4.78, 5) is 28.5. The van der Waals surface area contributed by atoms with Crippen molar-refractivity contribution in [1.29, 1.82) is 0 Å². The summed E-state index contributed by atoms with van der Waals surface area (Å²) in [5, 5.41) is 8.89. The summed E-state index contributed by atoms with van der Waals surface area (Å²) >= 11 is 0. The average Bonchev–Trinajstić information content (AvgIpc) is 3.07. The van der Waals surface area contributed by atoms with Gasteiger partial charge in [-0.05, 0) is 44.9 Å². The van der Waals surface area contributed by atoms with Crippen LogP contribution in [0.4, 0.5) is 18.9 Å². The Morgan fingerprint density at radius 3 is 2.53 bits per heavy atom. The van der Waals surface area contributed by atoms with Crippen LogP contribution in [-0.2, 0) is 16.0 Å². The smallest absolute Gasteiger partial charge is 0.243 e. The zero-order valence-electron chi connectivity index (χ0n) is 16.6. The SMILES string of the molecule is Cc1cc2nc(C)c(CCC(=O)NCC(=O)Nc3ccc(F)c(F)c3F)c(C)n2n1. The van der Waals surface area contributed by atoms with Crippen molar-refractivity contribution in [2.75, 3.05) is 11.9 Å². The second-order valence-corrected chi connectivity index (χ2v) is 6.86. The van der Waals surface area contributed by atoms with Gasteiger partial charge in [-0.25, -0.2) is 22.7 Å². The first-order valence-electron chi connectivity index (χ1n) is 9.20. The number of amides is 2. The second-order valence-electron chi connectivity index (χ2n) is 6.86. The lowest BCUT2D eigenvalue weighted by Gasteiger charge is -2.11. The molecular formula is C20H20F3N5O2. The second kappa shape index (κ2) is 8.52. The Hall–Kier alpha value is -3.43. The van der Waals surface area contributed by atoms with Crippen LogP contribution in [0.3, 0.4) is 0 Å². The Morgan fingerprint density at radius 2 is 1.80 bits per heavy atom. The van der Waals surface area contributed by atoms with Gasteiger partial charge in [0, 0.05) is 23.9 Å². The number of hydrogen-bond donors (Lipinski definition) is 2. The van der Waals surface area contributed by atoms with E-state index in [-0.39, 0.29) is 6.42 Å². The van der Waals surface area contributed by atoms with E-state index in [0.717, 1.165) is 34.4 Å². The van der Waals surface area contributed by atoms with Gasteiger partial charge in [0.1, 0.15) is 0 Å². The molecule has 30 heavy (non-hydrogen) atoms. The molecule has 2 N–H and O–H groups in total. The Labute approximate surface area is 170 Å². The van der Waals surface area contributed by atoms with Gasteiger partial charge in [-0.15, -0.1) is 0 Å². The first kappa shape index (κ1) is 21.3. The molecule has 158 valence electrons. The highest BCUT2D eigenvalue weighted by Crippen LogP contribution is 2.19. The Morgan fingerprint density at radius 1 is 1.07 bits per heavy atom. The molecule has 1 aromatic carbocycles. The number of aryl methyl sites for hydroxylation is 3. The molecule has 2 aromatic heterocycles. The van der Waals surface area contributed by atoms with Gasteiger partial charge in [-0.2, -0.15) is 5.10 Å². The molecule has 0 saturated carbocycles. The molecule has 0 aliphatic rings. The van der Waals surface area contributed by atoms with Gasteiger partial charge < -0.3 is 10.6 Å². The molecule has 7 nitrogen and oxygen atoms in total. The fraction of sp³-hybridized carbons (Fsp3) is 0.300. The number of anilines is 1. The van der Waals surface area contributed by atoms with E-state index in [1.807, 2.05) is 26.8 Å². The third kappa shape index (κ3) is 4.42. The van der Waals surface area contributed by atoms with Crippen LogP contribution in [0.25, 0.3) is 5.65 Å². The lowest BCUT2D eigenvalue weighted by atomic mass is 10.1. The summed E-state index contributed by atoms with van der Waals surface area (Å²) in [6.07, 6.45) is 0.493. The first-order chi connectivity index (χ1) is 14.2. The van der Waals surface area contributed by atoms with Gasteiger partial charge in [0.2, 0.25) is 11.8 Å². The number of nitrogens with zero attached hydrogens (tertiary/aromatic N) is 3. The molecule has 0 spiro atoms. The molecule has 0 saturated heterocycles. The maximum absolute atomic E-state index is 13.6. The van der Waals surface area contributed by atoms with E-state index >= 15 is 0 Å². The third-order valence-corrected chi connectivity index (χ3v) is 4.64. The van der Waals surface area contributed by atoms with Crippen molar-refractivity contribution in [2.24, 2.45) is 0 Å². The molecule has 0 aliphatic heterocycles. The summed E-state index contributed by atoms with van der Waals surface area (Å²) in [6.45, 7) is 5.18. The number of hydrogen-bond acceptors (Lipinski definition) is 4. The Bertz CT molecular complexity index is 1140. The zero-order chi connectivity index (χ0) is 22.0. The van der Waals surface area contributed by atoms with Crippen LogP contribution in [0.1, 0.15) is 29.1 Å². The molecular weight excluding hydrogens is 399 g/mol. The number of aromatic nitrogens is 3. The largest absolute Gasteiger partial charge is 0.347 e. The predicted octanol–water partition coefficient (Wildman–Crippen LogP) is 2.76. The molecule has 0 bridgehead atoms. The highest BCUT2D eigenvalue weighted by molar-refractivity contribution is 5.94. The van der Waals surface area contributed by atoms with Crippen LogP contribution in [0.15, 0.2) is 18.2 Å². The quantitative estimate of drug-likeness (QED) is 0.602. The van der Waals surface area contributed by atoms with Crippen molar-refractivity contribution in [3.05, 3.63) is 58.3 Å². The normalized spacial score (nSPS) is 11.0. The van der Waals surface area contributed by atoms with Gasteiger partial charge in [-0.3, -0.25) is 9.59 Å². The Balaban J connectivity index is 1.56. The number of halogens is 3. The van der Waals surface area contributed by atoms with Crippen molar-refractivity contribution in [1.82, 2.24) is 19.9 Å². The van der Waals surface area contributed by atoms with Crippen LogP contribution in [0.2, 0.25) is 0 Å². The lowest BCUT2D eigenvalue weighted by molar-refractivity contribution is -0.124. The molecule has 0 aliphatic carbocycles. The first-order valence-corrected chi connectivity index (χ1v) is 9.20. The van der Waals surface area contributed by atoms with Crippen molar-refractivity contribution >= 4 is 23.1 Å². The van der Waals surface area contributed by atoms with Gasteiger partial charge in [0.05, 0.1) is 17.9 Å². The summed E-state index contributed by atoms with van der Waals surface area (Å²) in [7, 11) is 0. The van der Waals surface area contributed by atoms with Crippen LogP contribution >= 0.6 is 0 Å². The Kier molecular flexibility index (Phi) is 6.04. The fourth-order valence-corrected chi connectivity index (χ4v) is 3.13. The molecule has 0 fully saturated rings. The summed E-state index contributed by atoms with van der Waals surface area (Å²) < 4.78 is 41.4. The molecule has 0 atom stereocenters. The maximum Gasteiger partial charge on any atom is 0.243 e. The highest BCUT2D eigenvalue weighted by Gasteiger charge is 2.16. The molecule has 0 unspecified atom stereocenters. The molecule has 3 aromatic rings. The van der Waals surface area contributed by atoms with Gasteiger partial charge >= 0.3 is 0 Å². The summed E-state index contributed by atoms with van der Waals surface area (Å²) in [6, 6.07) is 3.47. The lowest BCUT2D eigenvalue weighted by Crippen LogP contribution is -2.33. The van der Waals surface area contributed by atoms with Crippen molar-refractivity contribution in [3.63, 3.8) is 0 Å². The standard InChI is InChI=1S/C20H20F3N5O2/c1-10-8-16-25-11(2)13(12(3)28(16)27-10)4-7-17(29)24-9-18(30)26-15-6-5-14(21)19(22)20(15)23/h5-6,8H,4,7,9H2,1-3H3,(H,24,29)(H,26,30). The average molecular weight is 419 g/mol. The van der Waals surface area contributed by atoms with Crippen LogP contribution in [0.5, 0.6) is 0 Å². The van der Waals surface area contributed by atoms with Crippen molar-refractivity contribution < 1.29 is 22.8 Å². The monoisotopic (exact) mass is 419 g/mol. The zero-order valence-corrected chi connectivity index (χ0v) is 16.6. The van der Waals surface area contributed by atoms with Gasteiger partial charge in [-0.1, -0.05) is 0 Å². The topological polar surface area (TPSA) is 88.4 Å². The number of nitrogens with one attached hydrogen (secondary N) is 2. The number of rotatable bonds is 6. The maximum atomic E-state index is 13.6. The van der Waals surface area contributed by atoms with Gasteiger partial charge in [0.15, 0.2) is 23.1 Å². The van der Waals surface area contributed by atoms with E-state index in [1.54, 1.807) is 4.52 Å². The minimum atomic E-state index is -1.68. The molecule has 0 radical (unpaired) electrons. The van der Waals surface area contributed by atoms with E-state index in [0.29, 0.717) is 12.5 Å².